The second-order valence-corrected chi connectivity index (χ2v) is 4.16. The van der Waals surface area contributed by atoms with E-state index in [-0.39, 0.29) is 0 Å². The lowest BCUT2D eigenvalue weighted by Crippen LogP contribution is -2.21. The van der Waals surface area contributed by atoms with E-state index in [2.05, 4.69) is 27.2 Å². The summed E-state index contributed by atoms with van der Waals surface area (Å²) >= 11 is 0. The van der Waals surface area contributed by atoms with Crippen LogP contribution >= 0.6 is 0 Å². The highest BCUT2D eigenvalue weighted by molar-refractivity contribution is 5.46. The van der Waals surface area contributed by atoms with Crippen LogP contribution in [-0.4, -0.2) is 30.6 Å². The average Bonchev–Trinajstić information content (AvgIpc) is 2.46. The van der Waals surface area contributed by atoms with Crippen LogP contribution < -0.4 is 10.2 Å². The summed E-state index contributed by atoms with van der Waals surface area (Å²) in [4.78, 5) is 10.7. The first-order chi connectivity index (χ1) is 8.79. The number of hydrogen-bond donors (Lipinski definition) is 1. The molecule has 0 amide bonds. The molecule has 4 heteroatoms. The van der Waals surface area contributed by atoms with E-state index in [0.29, 0.717) is 0 Å². The smallest absolute Gasteiger partial charge is 0.130 e. The molecule has 0 spiro atoms. The van der Waals surface area contributed by atoms with E-state index in [1.807, 2.05) is 49.8 Å². The van der Waals surface area contributed by atoms with Crippen LogP contribution in [0.2, 0.25) is 0 Å². The fourth-order valence-electron chi connectivity index (χ4n) is 1.74. The molecule has 0 radical (unpaired) electrons. The van der Waals surface area contributed by atoms with Crippen molar-refractivity contribution in [3.63, 3.8) is 0 Å². The second-order valence-electron chi connectivity index (χ2n) is 4.16. The Morgan fingerprint density at radius 1 is 1.17 bits per heavy atom. The SMILES string of the molecule is CNc1cccc(N(C)CCc2ccncc2)n1. The Bertz CT molecular complexity index is 484. The fourth-order valence-corrected chi connectivity index (χ4v) is 1.74. The van der Waals surface area contributed by atoms with Crippen LogP contribution in [0.3, 0.4) is 0 Å². The highest BCUT2D eigenvalue weighted by Gasteiger charge is 2.03. The summed E-state index contributed by atoms with van der Waals surface area (Å²) in [5.41, 5.74) is 1.29. The van der Waals surface area contributed by atoms with Crippen LogP contribution in [0, 0.1) is 0 Å². The van der Waals surface area contributed by atoms with Gasteiger partial charge in [-0.05, 0) is 36.2 Å². The van der Waals surface area contributed by atoms with E-state index in [0.717, 1.165) is 24.6 Å². The minimum atomic E-state index is 0.892. The summed E-state index contributed by atoms with van der Waals surface area (Å²) in [6.07, 6.45) is 4.65. The van der Waals surface area contributed by atoms with Gasteiger partial charge in [0.2, 0.25) is 0 Å². The van der Waals surface area contributed by atoms with E-state index in [4.69, 9.17) is 0 Å². The molecule has 0 fully saturated rings. The van der Waals surface area contributed by atoms with Crippen LogP contribution in [0.5, 0.6) is 0 Å². The van der Waals surface area contributed by atoms with E-state index < -0.39 is 0 Å². The molecule has 0 unspecified atom stereocenters. The molecule has 2 rings (SSSR count). The molecule has 94 valence electrons. The van der Waals surface area contributed by atoms with Crippen molar-refractivity contribution >= 4 is 11.6 Å². The van der Waals surface area contributed by atoms with Crippen molar-refractivity contribution < 1.29 is 0 Å². The van der Waals surface area contributed by atoms with Crippen molar-refractivity contribution in [1.82, 2.24) is 9.97 Å². The van der Waals surface area contributed by atoms with Gasteiger partial charge in [-0.25, -0.2) is 4.98 Å². The maximum absolute atomic E-state index is 4.51. The van der Waals surface area contributed by atoms with Gasteiger partial charge in [0.25, 0.3) is 0 Å². The molecule has 0 atom stereocenters. The summed E-state index contributed by atoms with van der Waals surface area (Å²) in [5.74, 6) is 1.87. The number of nitrogens with one attached hydrogen (secondary N) is 1. The molecule has 2 aromatic rings. The van der Waals surface area contributed by atoms with Gasteiger partial charge in [-0.1, -0.05) is 6.07 Å². The second kappa shape index (κ2) is 6.00. The summed E-state index contributed by atoms with van der Waals surface area (Å²) in [7, 11) is 3.94. The molecule has 18 heavy (non-hydrogen) atoms. The molecule has 0 aliphatic heterocycles. The van der Waals surface area contributed by atoms with E-state index in [9.17, 15) is 0 Å². The van der Waals surface area contributed by atoms with Gasteiger partial charge in [-0.2, -0.15) is 0 Å². The lowest BCUT2D eigenvalue weighted by molar-refractivity contribution is 0.859. The highest BCUT2D eigenvalue weighted by Crippen LogP contribution is 2.13. The predicted octanol–water partition coefficient (Wildman–Crippen LogP) is 2.20. The first kappa shape index (κ1) is 12.4. The number of pyridine rings is 2. The highest BCUT2D eigenvalue weighted by atomic mass is 15.2. The third-order valence-corrected chi connectivity index (χ3v) is 2.87. The maximum Gasteiger partial charge on any atom is 0.130 e. The van der Waals surface area contributed by atoms with Crippen molar-refractivity contribution in [2.24, 2.45) is 0 Å². The van der Waals surface area contributed by atoms with Crippen LogP contribution in [0.4, 0.5) is 11.6 Å². The Morgan fingerprint density at radius 3 is 2.67 bits per heavy atom. The van der Waals surface area contributed by atoms with Gasteiger partial charge < -0.3 is 10.2 Å². The number of rotatable bonds is 5. The fraction of sp³-hybridized carbons (Fsp3) is 0.286. The molecule has 2 aromatic heterocycles. The number of anilines is 2. The first-order valence-corrected chi connectivity index (χ1v) is 6.04. The van der Waals surface area contributed by atoms with Gasteiger partial charge in [-0.3, -0.25) is 4.98 Å². The van der Waals surface area contributed by atoms with Crippen molar-refractivity contribution in [1.29, 1.82) is 0 Å². The lowest BCUT2D eigenvalue weighted by atomic mass is 10.2. The Labute approximate surface area is 108 Å². The van der Waals surface area contributed by atoms with E-state index in [1.54, 1.807) is 0 Å². The molecule has 0 aliphatic rings. The van der Waals surface area contributed by atoms with Gasteiger partial charge in [0.15, 0.2) is 0 Å². The Balaban J connectivity index is 1.97. The molecule has 0 saturated heterocycles. The maximum atomic E-state index is 4.51. The largest absolute Gasteiger partial charge is 0.373 e. The topological polar surface area (TPSA) is 41.0 Å². The van der Waals surface area contributed by atoms with Crippen molar-refractivity contribution in [2.45, 2.75) is 6.42 Å². The zero-order valence-corrected chi connectivity index (χ0v) is 10.8. The number of aromatic nitrogens is 2. The van der Waals surface area contributed by atoms with Gasteiger partial charge in [0, 0.05) is 33.0 Å². The Hall–Kier alpha value is -2.10. The minimum absolute atomic E-state index is 0.892. The summed E-state index contributed by atoms with van der Waals surface area (Å²) in [6.45, 7) is 0.935. The monoisotopic (exact) mass is 242 g/mol. The van der Waals surface area contributed by atoms with E-state index in [1.165, 1.54) is 5.56 Å². The zero-order valence-electron chi connectivity index (χ0n) is 10.8. The third-order valence-electron chi connectivity index (χ3n) is 2.87. The standard InChI is InChI=1S/C14H18N4/c1-15-13-4-3-5-14(17-13)18(2)11-8-12-6-9-16-10-7-12/h3-7,9-10H,8,11H2,1-2H3,(H,15,17). The zero-order chi connectivity index (χ0) is 12.8. The molecule has 4 nitrogen and oxygen atoms in total. The van der Waals surface area contributed by atoms with Crippen molar-refractivity contribution in [3.8, 4) is 0 Å². The molecule has 1 N–H and O–H groups in total. The Morgan fingerprint density at radius 2 is 1.94 bits per heavy atom. The normalized spacial score (nSPS) is 10.1. The Kier molecular flexibility index (Phi) is 4.12. The lowest BCUT2D eigenvalue weighted by Gasteiger charge is -2.18. The van der Waals surface area contributed by atoms with Gasteiger partial charge in [0.1, 0.15) is 11.6 Å². The third kappa shape index (κ3) is 3.20. The molecule has 0 aromatic carbocycles. The van der Waals surface area contributed by atoms with Crippen LogP contribution in [-0.2, 0) is 6.42 Å². The van der Waals surface area contributed by atoms with Crippen LogP contribution in [0.25, 0.3) is 0 Å². The molecule has 0 bridgehead atoms. The van der Waals surface area contributed by atoms with Crippen LogP contribution in [0.1, 0.15) is 5.56 Å². The summed E-state index contributed by atoms with van der Waals surface area (Å²) < 4.78 is 0. The summed E-state index contributed by atoms with van der Waals surface area (Å²) in [6, 6.07) is 10.1. The molecule has 0 aliphatic carbocycles. The minimum Gasteiger partial charge on any atom is -0.373 e. The number of likely N-dealkylation sites (N-methyl/N-ethyl adjacent to an activating group) is 1. The number of hydrogen-bond acceptors (Lipinski definition) is 4. The van der Waals surface area contributed by atoms with Crippen LogP contribution in [0.15, 0.2) is 42.7 Å². The summed E-state index contributed by atoms with van der Waals surface area (Å²) in [5, 5.41) is 3.05. The molecular formula is C14H18N4. The van der Waals surface area contributed by atoms with Crippen molar-refractivity contribution in [3.05, 3.63) is 48.3 Å². The number of nitrogens with zero attached hydrogens (tertiary/aromatic N) is 3. The molecule has 0 saturated carbocycles. The van der Waals surface area contributed by atoms with Gasteiger partial charge in [0.05, 0.1) is 0 Å². The average molecular weight is 242 g/mol. The molecular weight excluding hydrogens is 224 g/mol. The predicted molar refractivity (Wildman–Crippen MR) is 75.0 cm³/mol. The molecule has 2 heterocycles. The van der Waals surface area contributed by atoms with Gasteiger partial charge in [-0.15, -0.1) is 0 Å². The van der Waals surface area contributed by atoms with Crippen molar-refractivity contribution in [2.75, 3.05) is 30.9 Å². The van der Waals surface area contributed by atoms with Gasteiger partial charge >= 0.3 is 0 Å². The van der Waals surface area contributed by atoms with E-state index >= 15 is 0 Å². The quantitative estimate of drug-likeness (QED) is 0.872. The first-order valence-electron chi connectivity index (χ1n) is 6.04.